The third-order valence-electron chi connectivity index (χ3n) is 8.24. The zero-order valence-electron chi connectivity index (χ0n) is 27.5. The Hall–Kier alpha value is -2.98. The van der Waals surface area contributed by atoms with E-state index in [9.17, 15) is 24.3 Å². The van der Waals surface area contributed by atoms with Gasteiger partial charge < -0.3 is 19.9 Å². The van der Waals surface area contributed by atoms with Crippen LogP contribution in [-0.2, 0) is 30.3 Å². The number of benzene rings is 2. The monoisotopic (exact) mass is 671 g/mol. The molecule has 0 bridgehead atoms. The van der Waals surface area contributed by atoms with Crippen molar-refractivity contribution in [3.63, 3.8) is 0 Å². The minimum atomic E-state index is -1.00. The molecule has 8 nitrogen and oxygen atoms in total. The number of ether oxygens (including phenoxy) is 2. The molecule has 252 valence electrons. The van der Waals surface area contributed by atoms with E-state index < -0.39 is 35.0 Å². The molecule has 1 saturated carbocycles. The van der Waals surface area contributed by atoms with E-state index in [1.165, 1.54) is 17.7 Å². The highest BCUT2D eigenvalue weighted by molar-refractivity contribution is 8.77. The summed E-state index contributed by atoms with van der Waals surface area (Å²) in [4.78, 5) is 50.7. The average Bonchev–Trinajstić information content (AvgIpc) is 3.04. The van der Waals surface area contributed by atoms with Gasteiger partial charge in [0.15, 0.2) is 5.78 Å². The van der Waals surface area contributed by atoms with Crippen LogP contribution < -0.4 is 5.32 Å². The van der Waals surface area contributed by atoms with Crippen molar-refractivity contribution in [2.24, 2.45) is 11.8 Å². The SMILES string of the molecule is CCCCC(CSSC1(C(=O)CC(Cc2ccc(-c3ccccc3)cc2)C(=O)O)CCCCC1)NC(=O)OC(C)OC(=O)C(C)C. The number of esters is 1. The summed E-state index contributed by atoms with van der Waals surface area (Å²) in [6.45, 7) is 7.01. The second-order valence-corrected chi connectivity index (χ2v) is 15.1. The third-order valence-corrected chi connectivity index (χ3v) is 11.6. The van der Waals surface area contributed by atoms with Crippen molar-refractivity contribution >= 4 is 45.4 Å². The normalized spacial score (nSPS) is 16.2. The van der Waals surface area contributed by atoms with Crippen LogP contribution in [0.2, 0.25) is 0 Å². The number of aliphatic carboxylic acids is 1. The number of Topliss-reactive ketones (excluding diaryl/α,β-unsaturated/α-hetero) is 1. The third kappa shape index (κ3) is 12.0. The number of carboxylic acids is 1. The smallest absolute Gasteiger partial charge is 0.410 e. The Balaban J connectivity index is 1.61. The van der Waals surface area contributed by atoms with E-state index >= 15 is 0 Å². The van der Waals surface area contributed by atoms with Crippen LogP contribution in [0.15, 0.2) is 54.6 Å². The summed E-state index contributed by atoms with van der Waals surface area (Å²) in [5.41, 5.74) is 3.05. The maximum absolute atomic E-state index is 13.9. The van der Waals surface area contributed by atoms with Crippen molar-refractivity contribution in [3.8, 4) is 11.1 Å². The maximum Gasteiger partial charge on any atom is 0.410 e. The molecule has 10 heteroatoms. The molecule has 0 radical (unpaired) electrons. The van der Waals surface area contributed by atoms with Gasteiger partial charge in [0.05, 0.1) is 16.6 Å². The standard InChI is InChI=1S/C36H49NO7S2/c1-5-6-15-31(37-35(42)44-26(4)43-34(41)25(2)3)24-45-46-36(20-11-8-12-21-36)32(38)23-30(33(39)40)22-27-16-18-29(19-17-27)28-13-9-7-10-14-28/h7,9-10,13-14,16-19,25-26,30-31H,5-6,8,11-12,15,20-24H2,1-4H3,(H,37,42)(H,39,40). The number of rotatable bonds is 18. The molecule has 3 unspecified atom stereocenters. The summed E-state index contributed by atoms with van der Waals surface area (Å²) >= 11 is 0. The topological polar surface area (TPSA) is 119 Å². The number of alkyl carbamates (subject to hydrolysis) is 1. The molecule has 0 heterocycles. The zero-order chi connectivity index (χ0) is 33.5. The van der Waals surface area contributed by atoms with E-state index in [2.05, 4.69) is 12.2 Å². The molecule has 2 aromatic rings. The van der Waals surface area contributed by atoms with E-state index in [0.29, 0.717) is 12.2 Å². The van der Waals surface area contributed by atoms with E-state index in [-0.39, 0.29) is 24.2 Å². The van der Waals surface area contributed by atoms with Gasteiger partial charge in [0.1, 0.15) is 0 Å². The van der Waals surface area contributed by atoms with E-state index in [1.807, 2.05) is 54.6 Å². The van der Waals surface area contributed by atoms with E-state index in [1.54, 1.807) is 24.6 Å². The number of hydrogen-bond donors (Lipinski definition) is 2. The Morgan fingerprint density at radius 2 is 1.57 bits per heavy atom. The Labute approximate surface area is 281 Å². The van der Waals surface area contributed by atoms with Gasteiger partial charge >= 0.3 is 18.0 Å². The fourth-order valence-corrected chi connectivity index (χ4v) is 8.98. The minimum Gasteiger partial charge on any atom is -0.481 e. The quantitative estimate of drug-likeness (QED) is 0.0914. The number of carbonyl (C=O) groups excluding carboxylic acids is 3. The number of nitrogens with one attached hydrogen (secondary N) is 1. The van der Waals surface area contributed by atoms with Gasteiger partial charge in [-0.15, -0.1) is 0 Å². The van der Waals surface area contributed by atoms with Gasteiger partial charge in [-0.25, -0.2) is 4.79 Å². The van der Waals surface area contributed by atoms with Crippen LogP contribution in [0.3, 0.4) is 0 Å². The summed E-state index contributed by atoms with van der Waals surface area (Å²) in [5, 5.41) is 13.0. The fourth-order valence-electron chi connectivity index (χ4n) is 5.49. The van der Waals surface area contributed by atoms with Crippen molar-refractivity contribution < 1.29 is 33.8 Å². The van der Waals surface area contributed by atoms with Gasteiger partial charge in [-0.1, -0.05) is 129 Å². The predicted octanol–water partition coefficient (Wildman–Crippen LogP) is 8.47. The molecular weight excluding hydrogens is 623 g/mol. The number of carbonyl (C=O) groups is 4. The van der Waals surface area contributed by atoms with Crippen molar-refractivity contribution in [3.05, 3.63) is 60.2 Å². The number of amides is 1. The lowest BCUT2D eigenvalue weighted by Crippen LogP contribution is -2.40. The highest BCUT2D eigenvalue weighted by atomic mass is 33.1. The average molecular weight is 672 g/mol. The van der Waals surface area contributed by atoms with Crippen molar-refractivity contribution in [2.45, 2.75) is 109 Å². The molecule has 1 aliphatic rings. The Bertz CT molecular complexity index is 1260. The van der Waals surface area contributed by atoms with Crippen LogP contribution >= 0.6 is 21.6 Å². The maximum atomic E-state index is 13.9. The first kappa shape index (κ1) is 37.5. The lowest BCUT2D eigenvalue weighted by Gasteiger charge is -2.35. The number of unbranched alkanes of at least 4 members (excludes halogenated alkanes) is 1. The summed E-state index contributed by atoms with van der Waals surface area (Å²) in [7, 11) is 3.09. The van der Waals surface area contributed by atoms with Crippen LogP contribution in [0.5, 0.6) is 0 Å². The molecule has 2 N–H and O–H groups in total. The molecule has 46 heavy (non-hydrogen) atoms. The molecule has 0 saturated heterocycles. The first-order valence-electron chi connectivity index (χ1n) is 16.4. The van der Waals surface area contributed by atoms with Gasteiger partial charge in [-0.2, -0.15) is 0 Å². The predicted molar refractivity (Wildman–Crippen MR) is 186 cm³/mol. The Kier molecular flexibility index (Phi) is 15.5. The highest BCUT2D eigenvalue weighted by Gasteiger charge is 2.42. The first-order valence-corrected chi connectivity index (χ1v) is 18.7. The Morgan fingerprint density at radius 3 is 2.17 bits per heavy atom. The lowest BCUT2D eigenvalue weighted by atomic mass is 9.81. The second-order valence-electron chi connectivity index (χ2n) is 12.4. The van der Waals surface area contributed by atoms with E-state index in [4.69, 9.17) is 9.47 Å². The number of carboxylic acid groups (broad SMARTS) is 1. The fraction of sp³-hybridized carbons (Fsp3) is 0.556. The molecule has 0 aromatic heterocycles. The molecule has 2 aromatic carbocycles. The molecule has 3 atom stereocenters. The van der Waals surface area contributed by atoms with Crippen LogP contribution in [0.4, 0.5) is 4.79 Å². The molecule has 3 rings (SSSR count). The second kappa shape index (κ2) is 19.0. The summed E-state index contributed by atoms with van der Waals surface area (Å²) < 4.78 is 9.76. The summed E-state index contributed by atoms with van der Waals surface area (Å²) in [6.07, 6.45) is 5.57. The summed E-state index contributed by atoms with van der Waals surface area (Å²) in [6, 6.07) is 17.7. The molecule has 1 aliphatic carbocycles. The first-order chi connectivity index (χ1) is 22.0. The Morgan fingerprint density at radius 1 is 0.913 bits per heavy atom. The van der Waals surface area contributed by atoms with Gasteiger partial charge in [0.25, 0.3) is 0 Å². The zero-order valence-corrected chi connectivity index (χ0v) is 29.1. The van der Waals surface area contributed by atoms with Crippen molar-refractivity contribution in [1.29, 1.82) is 0 Å². The van der Waals surface area contributed by atoms with Gasteiger partial charge in [0, 0.05) is 25.1 Å². The van der Waals surface area contributed by atoms with Crippen LogP contribution in [0, 0.1) is 11.8 Å². The van der Waals surface area contributed by atoms with Crippen LogP contribution in [0.25, 0.3) is 11.1 Å². The van der Waals surface area contributed by atoms with E-state index in [0.717, 1.165) is 68.1 Å². The molecule has 1 amide bonds. The highest BCUT2D eigenvalue weighted by Crippen LogP contribution is 2.48. The molecule has 0 aliphatic heterocycles. The summed E-state index contributed by atoms with van der Waals surface area (Å²) in [5.74, 6) is -1.98. The molecular formula is C36H49NO7S2. The number of ketones is 1. The lowest BCUT2D eigenvalue weighted by molar-refractivity contribution is -0.168. The van der Waals surface area contributed by atoms with Gasteiger partial charge in [0.2, 0.25) is 6.29 Å². The van der Waals surface area contributed by atoms with Gasteiger partial charge in [-0.3, -0.25) is 14.4 Å². The molecule has 1 fully saturated rings. The van der Waals surface area contributed by atoms with Crippen LogP contribution in [-0.4, -0.2) is 51.8 Å². The van der Waals surface area contributed by atoms with Crippen molar-refractivity contribution in [1.82, 2.24) is 5.32 Å². The number of hydrogen-bond acceptors (Lipinski definition) is 8. The van der Waals surface area contributed by atoms with Gasteiger partial charge in [-0.05, 0) is 42.4 Å². The van der Waals surface area contributed by atoms with Crippen molar-refractivity contribution in [2.75, 3.05) is 5.75 Å². The minimum absolute atomic E-state index is 0.00345. The molecule has 0 spiro atoms. The largest absolute Gasteiger partial charge is 0.481 e. The van der Waals surface area contributed by atoms with Crippen LogP contribution in [0.1, 0.15) is 91.0 Å².